The van der Waals surface area contributed by atoms with Crippen molar-refractivity contribution in [2.45, 2.75) is 6.92 Å². The van der Waals surface area contributed by atoms with Crippen LogP contribution in [-0.2, 0) is 0 Å². The van der Waals surface area contributed by atoms with Crippen molar-refractivity contribution in [1.29, 1.82) is 0 Å². The first-order valence-corrected chi connectivity index (χ1v) is 9.35. The van der Waals surface area contributed by atoms with Crippen LogP contribution in [0.4, 0.5) is 0 Å². The first kappa shape index (κ1) is 19.9. The molecular formula is C22H17Cl2NO3. The van der Waals surface area contributed by atoms with E-state index < -0.39 is 5.97 Å². The van der Waals surface area contributed by atoms with Crippen molar-refractivity contribution in [3.05, 3.63) is 87.7 Å². The molecule has 4 nitrogen and oxygen atoms in total. The third kappa shape index (κ3) is 5.12. The van der Waals surface area contributed by atoms with Crippen molar-refractivity contribution in [1.82, 2.24) is 4.98 Å². The number of carbonyl (C=O) groups excluding carboxylic acids is 1. The molecule has 142 valence electrons. The van der Waals surface area contributed by atoms with E-state index >= 15 is 0 Å². The predicted octanol–water partition coefficient (Wildman–Crippen LogP) is 6.18. The van der Waals surface area contributed by atoms with Crippen molar-refractivity contribution in [2.24, 2.45) is 0 Å². The number of carbonyl (C=O) groups is 1. The number of pyridine rings is 1. The molecule has 0 radical (unpaired) electrons. The lowest BCUT2D eigenvalue weighted by molar-refractivity contribution is 0.0728. The third-order valence-electron chi connectivity index (χ3n) is 3.76. The molecule has 6 heteroatoms. The summed E-state index contributed by atoms with van der Waals surface area (Å²) in [5.74, 6) is 0.253. The lowest BCUT2D eigenvalue weighted by Gasteiger charge is -2.12. The van der Waals surface area contributed by atoms with Gasteiger partial charge in [-0.3, -0.25) is 4.98 Å². The van der Waals surface area contributed by atoms with Gasteiger partial charge in [0.05, 0.1) is 27.9 Å². The van der Waals surface area contributed by atoms with Gasteiger partial charge in [-0.05, 0) is 61.0 Å². The summed E-state index contributed by atoms with van der Waals surface area (Å²) in [6, 6.07) is 15.6. The van der Waals surface area contributed by atoms with Gasteiger partial charge >= 0.3 is 5.97 Å². The highest BCUT2D eigenvalue weighted by atomic mass is 35.5. The minimum Gasteiger partial charge on any atom is -0.490 e. The zero-order valence-electron chi connectivity index (χ0n) is 15.1. The van der Waals surface area contributed by atoms with Crippen LogP contribution in [0, 0.1) is 0 Å². The molecule has 0 N–H and O–H groups in total. The molecule has 0 spiro atoms. The van der Waals surface area contributed by atoms with Gasteiger partial charge in [-0.2, -0.15) is 0 Å². The summed E-state index contributed by atoms with van der Waals surface area (Å²) in [4.78, 5) is 16.7. The Hall–Kier alpha value is -2.82. The van der Waals surface area contributed by atoms with Crippen molar-refractivity contribution < 1.29 is 14.3 Å². The van der Waals surface area contributed by atoms with Gasteiger partial charge in [0.1, 0.15) is 0 Å². The molecule has 0 aliphatic carbocycles. The van der Waals surface area contributed by atoms with Crippen LogP contribution in [0.5, 0.6) is 11.5 Å². The van der Waals surface area contributed by atoms with E-state index in [1.54, 1.807) is 30.5 Å². The molecule has 0 aliphatic rings. The average molecular weight is 414 g/mol. The molecule has 0 bridgehead atoms. The smallest absolute Gasteiger partial charge is 0.343 e. The number of nitrogens with zero attached hydrogens (tertiary/aromatic N) is 1. The van der Waals surface area contributed by atoms with E-state index in [0.717, 1.165) is 11.3 Å². The van der Waals surface area contributed by atoms with E-state index in [9.17, 15) is 4.79 Å². The van der Waals surface area contributed by atoms with Gasteiger partial charge in [0.25, 0.3) is 0 Å². The van der Waals surface area contributed by atoms with Gasteiger partial charge in [-0.1, -0.05) is 41.4 Å². The van der Waals surface area contributed by atoms with Crippen molar-refractivity contribution in [3.8, 4) is 11.5 Å². The number of esters is 1. The monoisotopic (exact) mass is 413 g/mol. The van der Waals surface area contributed by atoms with Gasteiger partial charge in [-0.25, -0.2) is 4.79 Å². The summed E-state index contributed by atoms with van der Waals surface area (Å²) in [6.45, 7) is 2.30. The van der Waals surface area contributed by atoms with Crippen LogP contribution in [0.25, 0.3) is 12.2 Å². The Balaban J connectivity index is 1.81. The maximum absolute atomic E-state index is 12.4. The molecule has 3 rings (SSSR count). The highest BCUT2D eigenvalue weighted by molar-refractivity contribution is 6.42. The maximum Gasteiger partial charge on any atom is 0.343 e. The molecule has 1 aromatic heterocycles. The number of halogens is 2. The largest absolute Gasteiger partial charge is 0.490 e. The molecule has 2 aromatic carbocycles. The third-order valence-corrected chi connectivity index (χ3v) is 4.50. The van der Waals surface area contributed by atoms with Crippen LogP contribution in [0.3, 0.4) is 0 Å². The van der Waals surface area contributed by atoms with E-state index in [0.29, 0.717) is 28.7 Å². The Morgan fingerprint density at radius 2 is 1.86 bits per heavy atom. The molecule has 0 aliphatic heterocycles. The Morgan fingerprint density at radius 3 is 2.57 bits per heavy atom. The second-order valence-corrected chi connectivity index (χ2v) is 6.56. The molecule has 3 aromatic rings. The van der Waals surface area contributed by atoms with Gasteiger partial charge in [0.2, 0.25) is 0 Å². The highest BCUT2D eigenvalue weighted by Crippen LogP contribution is 2.31. The summed E-state index contributed by atoms with van der Waals surface area (Å²) >= 11 is 11.9. The Kier molecular flexibility index (Phi) is 6.69. The maximum atomic E-state index is 12.4. The van der Waals surface area contributed by atoms with E-state index in [-0.39, 0.29) is 5.02 Å². The van der Waals surface area contributed by atoms with Gasteiger partial charge in [0.15, 0.2) is 11.5 Å². The second kappa shape index (κ2) is 9.40. The molecule has 0 amide bonds. The van der Waals surface area contributed by atoms with E-state index in [4.69, 9.17) is 32.7 Å². The fourth-order valence-electron chi connectivity index (χ4n) is 2.42. The van der Waals surface area contributed by atoms with Crippen LogP contribution < -0.4 is 9.47 Å². The molecule has 0 unspecified atom stereocenters. The predicted molar refractivity (Wildman–Crippen MR) is 112 cm³/mol. The summed E-state index contributed by atoms with van der Waals surface area (Å²) in [5, 5.41) is 0.661. The summed E-state index contributed by atoms with van der Waals surface area (Å²) in [6.07, 6.45) is 5.54. The van der Waals surface area contributed by atoms with E-state index in [2.05, 4.69) is 4.98 Å². The van der Waals surface area contributed by atoms with E-state index in [1.165, 1.54) is 6.07 Å². The topological polar surface area (TPSA) is 48.4 Å². The number of rotatable bonds is 6. The van der Waals surface area contributed by atoms with Crippen molar-refractivity contribution >= 4 is 41.3 Å². The first-order chi connectivity index (χ1) is 13.6. The molecular weight excluding hydrogens is 397 g/mol. The van der Waals surface area contributed by atoms with Crippen molar-refractivity contribution in [3.63, 3.8) is 0 Å². The van der Waals surface area contributed by atoms with Crippen LogP contribution in [0.1, 0.15) is 28.5 Å². The number of hydrogen-bond donors (Lipinski definition) is 0. The number of aromatic nitrogens is 1. The standard InChI is InChI=1S/C22H17Cl2NO3/c1-2-27-21-13-15(6-9-17-5-3-4-12-25-17)7-11-20(21)28-22(26)16-8-10-18(23)19(24)14-16/h3-14H,2H2,1H3/b9-6+. The minimum atomic E-state index is -0.545. The minimum absolute atomic E-state index is 0.288. The number of benzene rings is 2. The lowest BCUT2D eigenvalue weighted by atomic mass is 10.1. The Bertz CT molecular complexity index is 1000. The van der Waals surface area contributed by atoms with Crippen LogP contribution in [-0.4, -0.2) is 17.6 Å². The van der Waals surface area contributed by atoms with Crippen LogP contribution in [0.2, 0.25) is 10.0 Å². The molecule has 0 atom stereocenters. The van der Waals surface area contributed by atoms with Gasteiger partial charge in [-0.15, -0.1) is 0 Å². The summed E-state index contributed by atoms with van der Waals surface area (Å²) in [7, 11) is 0. The van der Waals surface area contributed by atoms with E-state index in [1.807, 2.05) is 43.3 Å². The Morgan fingerprint density at radius 1 is 1.00 bits per heavy atom. The first-order valence-electron chi connectivity index (χ1n) is 8.60. The fraction of sp³-hybridized carbons (Fsp3) is 0.0909. The SMILES string of the molecule is CCOc1cc(/C=C/c2ccccn2)ccc1OC(=O)c1ccc(Cl)c(Cl)c1. The molecule has 0 fully saturated rings. The number of hydrogen-bond acceptors (Lipinski definition) is 4. The van der Waals surface area contributed by atoms with Crippen molar-refractivity contribution in [2.75, 3.05) is 6.61 Å². The Labute approximate surface area is 173 Å². The molecule has 1 heterocycles. The van der Waals surface area contributed by atoms with Crippen LogP contribution >= 0.6 is 23.2 Å². The zero-order valence-corrected chi connectivity index (χ0v) is 16.6. The molecule has 28 heavy (non-hydrogen) atoms. The molecule has 0 saturated carbocycles. The average Bonchev–Trinajstić information content (AvgIpc) is 2.71. The summed E-state index contributed by atoms with van der Waals surface area (Å²) in [5.41, 5.74) is 2.04. The van der Waals surface area contributed by atoms with Gasteiger partial charge < -0.3 is 9.47 Å². The summed E-state index contributed by atoms with van der Waals surface area (Å²) < 4.78 is 11.1. The zero-order chi connectivity index (χ0) is 19.9. The molecule has 0 saturated heterocycles. The number of ether oxygens (including phenoxy) is 2. The van der Waals surface area contributed by atoms with Gasteiger partial charge in [0, 0.05) is 6.20 Å². The fourth-order valence-corrected chi connectivity index (χ4v) is 2.72. The highest BCUT2D eigenvalue weighted by Gasteiger charge is 2.14. The second-order valence-electron chi connectivity index (χ2n) is 5.75. The lowest BCUT2D eigenvalue weighted by Crippen LogP contribution is -2.09. The quantitative estimate of drug-likeness (QED) is 0.357. The van der Waals surface area contributed by atoms with Crippen LogP contribution in [0.15, 0.2) is 60.8 Å². The normalized spacial score (nSPS) is 10.8.